The molecule has 19 heavy (non-hydrogen) atoms. The Bertz CT molecular complexity index is 551. The van der Waals surface area contributed by atoms with Crippen LogP contribution in [0.25, 0.3) is 11.5 Å². The van der Waals surface area contributed by atoms with Gasteiger partial charge in [-0.3, -0.25) is 0 Å². The molecule has 6 heteroatoms. The van der Waals surface area contributed by atoms with Gasteiger partial charge in [-0.2, -0.15) is 9.97 Å². The molecule has 1 fully saturated rings. The van der Waals surface area contributed by atoms with Gasteiger partial charge in [0, 0.05) is 12.1 Å². The van der Waals surface area contributed by atoms with Gasteiger partial charge in [0.25, 0.3) is 0 Å². The van der Waals surface area contributed by atoms with Gasteiger partial charge in [0.2, 0.25) is 11.7 Å². The second-order valence-electron chi connectivity index (χ2n) is 4.66. The van der Waals surface area contributed by atoms with Crippen LogP contribution < -0.4 is 4.74 Å². The average Bonchev–Trinajstić information content (AvgIpc) is 3.17. The topological polar surface area (TPSA) is 73.9 Å². The Morgan fingerprint density at radius 3 is 3.05 bits per heavy atom. The van der Waals surface area contributed by atoms with Crippen molar-refractivity contribution in [2.45, 2.75) is 38.5 Å². The maximum atomic E-state index is 5.47. The first kappa shape index (κ1) is 12.1. The molecule has 0 saturated heterocycles. The Hall–Kier alpha value is -1.98. The van der Waals surface area contributed by atoms with Gasteiger partial charge in [-0.05, 0) is 25.3 Å². The van der Waals surface area contributed by atoms with Crippen LogP contribution in [-0.4, -0.2) is 26.7 Å². The van der Waals surface area contributed by atoms with Gasteiger partial charge in [0.15, 0.2) is 0 Å². The molecule has 0 atom stereocenters. The fraction of sp³-hybridized carbons (Fsp3) is 0.538. The minimum atomic E-state index is 0.365. The lowest BCUT2D eigenvalue weighted by Gasteiger charge is -2.02. The van der Waals surface area contributed by atoms with Crippen molar-refractivity contribution < 1.29 is 9.26 Å². The van der Waals surface area contributed by atoms with E-state index in [2.05, 4.69) is 27.0 Å². The molecule has 1 aliphatic carbocycles. The van der Waals surface area contributed by atoms with Gasteiger partial charge in [0.05, 0.1) is 6.61 Å². The summed E-state index contributed by atoms with van der Waals surface area (Å²) in [4.78, 5) is 12.7. The number of hydrogen-bond acceptors (Lipinski definition) is 6. The molecule has 0 N–H and O–H groups in total. The first-order valence-electron chi connectivity index (χ1n) is 6.66. The number of ether oxygens (including phenoxy) is 1. The summed E-state index contributed by atoms with van der Waals surface area (Å²) in [6.45, 7) is 2.74. The Labute approximate surface area is 111 Å². The number of rotatable bonds is 6. The van der Waals surface area contributed by atoms with E-state index in [4.69, 9.17) is 9.26 Å². The zero-order valence-corrected chi connectivity index (χ0v) is 10.9. The van der Waals surface area contributed by atoms with E-state index in [0.717, 1.165) is 25.7 Å². The smallest absolute Gasteiger partial charge is 0.317 e. The highest BCUT2D eigenvalue weighted by molar-refractivity contribution is 5.47. The van der Waals surface area contributed by atoms with Crippen molar-refractivity contribution in [3.63, 3.8) is 0 Å². The number of unbranched alkanes of at least 4 members (excludes halogenated alkanes) is 1. The minimum absolute atomic E-state index is 0.365. The molecule has 100 valence electrons. The lowest BCUT2D eigenvalue weighted by molar-refractivity contribution is 0.285. The summed E-state index contributed by atoms with van der Waals surface area (Å²) in [5, 5.41) is 3.95. The SMILES string of the molecule is CCCCOc1nccc(-c2noc(C3CC3)n2)n1. The summed E-state index contributed by atoms with van der Waals surface area (Å²) in [6, 6.07) is 2.12. The van der Waals surface area contributed by atoms with E-state index < -0.39 is 0 Å². The molecule has 0 spiro atoms. The van der Waals surface area contributed by atoms with Crippen molar-refractivity contribution in [3.05, 3.63) is 18.2 Å². The van der Waals surface area contributed by atoms with Crippen LogP contribution in [0.15, 0.2) is 16.8 Å². The largest absolute Gasteiger partial charge is 0.463 e. The highest BCUT2D eigenvalue weighted by Gasteiger charge is 2.30. The number of aromatic nitrogens is 4. The molecular weight excluding hydrogens is 244 g/mol. The van der Waals surface area contributed by atoms with Crippen molar-refractivity contribution in [1.29, 1.82) is 0 Å². The van der Waals surface area contributed by atoms with Crippen molar-refractivity contribution >= 4 is 0 Å². The molecule has 0 amide bonds. The third-order valence-electron chi connectivity index (χ3n) is 2.96. The van der Waals surface area contributed by atoms with Crippen LogP contribution in [0.5, 0.6) is 6.01 Å². The second-order valence-corrected chi connectivity index (χ2v) is 4.66. The Balaban J connectivity index is 1.73. The summed E-state index contributed by atoms with van der Waals surface area (Å²) >= 11 is 0. The number of nitrogens with zero attached hydrogens (tertiary/aromatic N) is 4. The van der Waals surface area contributed by atoms with Gasteiger partial charge in [-0.25, -0.2) is 4.98 Å². The minimum Gasteiger partial charge on any atom is -0.463 e. The fourth-order valence-corrected chi connectivity index (χ4v) is 1.68. The summed E-state index contributed by atoms with van der Waals surface area (Å²) < 4.78 is 10.7. The molecule has 2 aromatic rings. The van der Waals surface area contributed by atoms with E-state index in [1.807, 2.05) is 0 Å². The highest BCUT2D eigenvalue weighted by atomic mass is 16.5. The Morgan fingerprint density at radius 1 is 1.37 bits per heavy atom. The van der Waals surface area contributed by atoms with Crippen molar-refractivity contribution in [3.8, 4) is 17.5 Å². The molecule has 6 nitrogen and oxygen atoms in total. The highest BCUT2D eigenvalue weighted by Crippen LogP contribution is 2.39. The summed E-state index contributed by atoms with van der Waals surface area (Å²) in [5.74, 6) is 1.66. The molecule has 3 rings (SSSR count). The standard InChI is InChI=1S/C13H16N4O2/c1-2-3-8-18-13-14-7-6-10(15-13)11-16-12(19-17-11)9-4-5-9/h6-7,9H,2-5,8H2,1H3. The van der Waals surface area contributed by atoms with Crippen molar-refractivity contribution in [2.75, 3.05) is 6.61 Å². The molecule has 0 unspecified atom stereocenters. The lowest BCUT2D eigenvalue weighted by atomic mass is 10.4. The van der Waals surface area contributed by atoms with E-state index in [1.54, 1.807) is 12.3 Å². The predicted molar refractivity (Wildman–Crippen MR) is 67.7 cm³/mol. The van der Waals surface area contributed by atoms with Crippen LogP contribution in [-0.2, 0) is 0 Å². The van der Waals surface area contributed by atoms with Crippen LogP contribution >= 0.6 is 0 Å². The van der Waals surface area contributed by atoms with Gasteiger partial charge in [0.1, 0.15) is 5.69 Å². The normalized spacial score (nSPS) is 14.6. The Morgan fingerprint density at radius 2 is 2.26 bits per heavy atom. The predicted octanol–water partition coefficient (Wildman–Crippen LogP) is 2.58. The Kier molecular flexibility index (Phi) is 3.39. The molecule has 2 heterocycles. The third-order valence-corrected chi connectivity index (χ3v) is 2.96. The van der Waals surface area contributed by atoms with Gasteiger partial charge >= 0.3 is 6.01 Å². The van der Waals surface area contributed by atoms with E-state index in [-0.39, 0.29) is 0 Å². The van der Waals surface area contributed by atoms with Crippen LogP contribution in [0, 0.1) is 0 Å². The molecule has 0 bridgehead atoms. The van der Waals surface area contributed by atoms with Crippen LogP contribution in [0.4, 0.5) is 0 Å². The quantitative estimate of drug-likeness (QED) is 0.743. The molecule has 0 aliphatic heterocycles. The van der Waals surface area contributed by atoms with E-state index in [9.17, 15) is 0 Å². The lowest BCUT2D eigenvalue weighted by Crippen LogP contribution is -2.01. The molecule has 0 aromatic carbocycles. The van der Waals surface area contributed by atoms with Crippen LogP contribution in [0.3, 0.4) is 0 Å². The maximum absolute atomic E-state index is 5.47. The van der Waals surface area contributed by atoms with E-state index in [0.29, 0.717) is 35.9 Å². The number of hydrogen-bond donors (Lipinski definition) is 0. The summed E-state index contributed by atoms with van der Waals surface area (Å²) in [6.07, 6.45) is 5.99. The zero-order chi connectivity index (χ0) is 13.1. The molecule has 1 aliphatic rings. The molecular formula is C13H16N4O2. The van der Waals surface area contributed by atoms with E-state index >= 15 is 0 Å². The first-order chi connectivity index (χ1) is 9.36. The molecule has 0 radical (unpaired) electrons. The monoisotopic (exact) mass is 260 g/mol. The summed E-state index contributed by atoms with van der Waals surface area (Å²) in [7, 11) is 0. The van der Waals surface area contributed by atoms with Crippen molar-refractivity contribution in [2.24, 2.45) is 0 Å². The average molecular weight is 260 g/mol. The van der Waals surface area contributed by atoms with Crippen molar-refractivity contribution in [1.82, 2.24) is 20.1 Å². The molecule has 1 saturated carbocycles. The van der Waals surface area contributed by atoms with Crippen LogP contribution in [0.2, 0.25) is 0 Å². The first-order valence-corrected chi connectivity index (χ1v) is 6.66. The third kappa shape index (κ3) is 2.89. The van der Waals surface area contributed by atoms with E-state index in [1.165, 1.54) is 0 Å². The summed E-state index contributed by atoms with van der Waals surface area (Å²) in [5.41, 5.74) is 0.636. The van der Waals surface area contributed by atoms with Gasteiger partial charge < -0.3 is 9.26 Å². The maximum Gasteiger partial charge on any atom is 0.317 e. The van der Waals surface area contributed by atoms with Gasteiger partial charge in [-0.1, -0.05) is 18.5 Å². The second kappa shape index (κ2) is 5.34. The zero-order valence-electron chi connectivity index (χ0n) is 10.9. The van der Waals surface area contributed by atoms with Crippen LogP contribution in [0.1, 0.15) is 44.4 Å². The van der Waals surface area contributed by atoms with Gasteiger partial charge in [-0.15, -0.1) is 0 Å². The molecule has 2 aromatic heterocycles. The fourth-order valence-electron chi connectivity index (χ4n) is 1.68.